The van der Waals surface area contributed by atoms with Crippen molar-refractivity contribution in [2.45, 2.75) is 24.2 Å². The van der Waals surface area contributed by atoms with Crippen LogP contribution in [0.4, 0.5) is 0 Å². The second kappa shape index (κ2) is 8.11. The van der Waals surface area contributed by atoms with E-state index in [0.717, 1.165) is 29.2 Å². The molecule has 19 heavy (non-hydrogen) atoms. The third kappa shape index (κ3) is 5.15. The molecule has 1 fully saturated rings. The van der Waals surface area contributed by atoms with Crippen molar-refractivity contribution in [2.75, 3.05) is 26.2 Å². The summed E-state index contributed by atoms with van der Waals surface area (Å²) in [5.41, 5.74) is 0. The van der Waals surface area contributed by atoms with Gasteiger partial charge in [-0.1, -0.05) is 18.3 Å². The number of hydrogen-bond donors (Lipinski definition) is 1. The van der Waals surface area contributed by atoms with E-state index in [1.807, 2.05) is 24.3 Å². The van der Waals surface area contributed by atoms with Crippen LogP contribution in [0.3, 0.4) is 0 Å². The Hall–Kier alpha value is -1.15. The lowest BCUT2D eigenvalue weighted by atomic mass is 10.1. The Morgan fingerprint density at radius 2 is 1.84 bits per heavy atom. The lowest BCUT2D eigenvalue weighted by molar-refractivity contribution is 0.255. The Morgan fingerprint density at radius 3 is 2.53 bits per heavy atom. The third-order valence-corrected chi connectivity index (χ3v) is 3.60. The first kappa shape index (κ1) is 14.3. The zero-order chi connectivity index (χ0) is 13.3. The quantitative estimate of drug-likeness (QED) is 0.677. The molecule has 1 heterocycles. The number of ether oxygens (including phenoxy) is 1. The lowest BCUT2D eigenvalue weighted by Crippen LogP contribution is -2.29. The minimum absolute atomic E-state index is 0.416. The predicted molar refractivity (Wildman–Crippen MR) is 78.5 cm³/mol. The van der Waals surface area contributed by atoms with Crippen LogP contribution < -0.4 is 4.74 Å². The fourth-order valence-electron chi connectivity index (χ4n) is 2.05. The molecule has 0 saturated carbocycles. The van der Waals surface area contributed by atoms with E-state index in [1.165, 1.54) is 32.4 Å². The van der Waals surface area contributed by atoms with E-state index in [-0.39, 0.29) is 0 Å². The summed E-state index contributed by atoms with van der Waals surface area (Å²) in [5.74, 6) is 6.98. The topological polar surface area (TPSA) is 32.7 Å². The lowest BCUT2D eigenvalue weighted by Gasteiger charge is -2.23. The molecule has 0 unspecified atom stereocenters. The molecule has 0 bridgehead atoms. The minimum atomic E-state index is 0.416. The summed E-state index contributed by atoms with van der Waals surface area (Å²) in [5, 5.41) is 0. The third-order valence-electron chi connectivity index (χ3n) is 3.12. The number of benzene rings is 1. The number of likely N-dealkylation sites (tertiary alicyclic amines) is 1. The van der Waals surface area contributed by atoms with Crippen LogP contribution in [0.25, 0.3) is 0 Å². The van der Waals surface area contributed by atoms with Gasteiger partial charge in [0.15, 0.2) is 0 Å². The summed E-state index contributed by atoms with van der Waals surface area (Å²) in [4.78, 5) is 3.20. The average Bonchev–Trinajstić information content (AvgIpc) is 2.49. The van der Waals surface area contributed by atoms with Gasteiger partial charge in [-0.15, -0.1) is 0 Å². The van der Waals surface area contributed by atoms with Gasteiger partial charge in [-0.05, 0) is 50.2 Å². The first-order valence-electron chi connectivity index (χ1n) is 6.61. The van der Waals surface area contributed by atoms with Crippen LogP contribution in [-0.2, 0) is 0 Å². The zero-order valence-electron chi connectivity index (χ0n) is 11.0. The smallest absolute Gasteiger partial charge is 0.149 e. The van der Waals surface area contributed by atoms with Gasteiger partial charge in [0, 0.05) is 16.9 Å². The van der Waals surface area contributed by atoms with E-state index in [0.29, 0.717) is 6.61 Å². The van der Waals surface area contributed by atoms with Crippen LogP contribution in [-0.4, -0.2) is 35.7 Å². The van der Waals surface area contributed by atoms with Gasteiger partial charge in [0.05, 0.1) is 6.54 Å². The summed E-state index contributed by atoms with van der Waals surface area (Å²) in [6.45, 7) is 3.62. The normalized spacial score (nSPS) is 15.6. The number of piperidine rings is 1. The number of rotatable bonds is 4. The van der Waals surface area contributed by atoms with E-state index >= 15 is 0 Å². The van der Waals surface area contributed by atoms with Crippen molar-refractivity contribution in [3.8, 4) is 17.6 Å². The summed E-state index contributed by atoms with van der Waals surface area (Å²) in [6, 6.07) is 7.32. The highest BCUT2D eigenvalue weighted by molar-refractivity contribution is 7.93. The predicted octanol–water partition coefficient (Wildman–Crippen LogP) is 3.12. The zero-order valence-corrected chi connectivity index (χ0v) is 11.8. The largest absolute Gasteiger partial charge is 0.481 e. The van der Waals surface area contributed by atoms with Crippen molar-refractivity contribution >= 4 is 12.0 Å². The molecule has 4 heteroatoms. The Labute approximate surface area is 119 Å². The second-order valence-corrected chi connectivity index (χ2v) is 5.20. The Morgan fingerprint density at radius 1 is 1.11 bits per heavy atom. The molecule has 0 radical (unpaired) electrons. The standard InChI is InChI=1S/C15H19NO2S/c17-19-15-8-6-14(7-9-15)18-13-5-4-12-16-10-2-1-3-11-16/h6-9,17H,1-3,10-13H2. The molecule has 0 amide bonds. The highest BCUT2D eigenvalue weighted by Crippen LogP contribution is 2.18. The molecule has 1 aromatic carbocycles. The summed E-state index contributed by atoms with van der Waals surface area (Å²) < 4.78 is 14.4. The second-order valence-electron chi connectivity index (χ2n) is 4.54. The molecule has 1 aliphatic heterocycles. The van der Waals surface area contributed by atoms with Gasteiger partial charge in [0.1, 0.15) is 12.4 Å². The maximum absolute atomic E-state index is 8.85. The van der Waals surface area contributed by atoms with Gasteiger partial charge in [0.25, 0.3) is 0 Å². The van der Waals surface area contributed by atoms with E-state index < -0.39 is 0 Å². The van der Waals surface area contributed by atoms with Crippen molar-refractivity contribution in [3.63, 3.8) is 0 Å². The first-order chi connectivity index (χ1) is 9.38. The molecule has 0 spiro atoms. The van der Waals surface area contributed by atoms with Gasteiger partial charge in [0.2, 0.25) is 0 Å². The average molecular weight is 277 g/mol. The van der Waals surface area contributed by atoms with Gasteiger partial charge in [-0.3, -0.25) is 4.90 Å². The highest BCUT2D eigenvalue weighted by atomic mass is 32.2. The molecule has 0 atom stereocenters. The monoisotopic (exact) mass is 277 g/mol. The number of nitrogens with zero attached hydrogens (tertiary/aromatic N) is 1. The summed E-state index contributed by atoms with van der Waals surface area (Å²) in [7, 11) is 0. The van der Waals surface area contributed by atoms with Crippen molar-refractivity contribution in [3.05, 3.63) is 24.3 Å². The van der Waals surface area contributed by atoms with Gasteiger partial charge < -0.3 is 9.29 Å². The van der Waals surface area contributed by atoms with Gasteiger partial charge in [-0.2, -0.15) is 0 Å². The van der Waals surface area contributed by atoms with Crippen molar-refractivity contribution < 1.29 is 9.29 Å². The van der Waals surface area contributed by atoms with E-state index in [4.69, 9.17) is 9.29 Å². The van der Waals surface area contributed by atoms with Crippen LogP contribution in [0.1, 0.15) is 19.3 Å². The molecule has 102 valence electrons. The van der Waals surface area contributed by atoms with Gasteiger partial charge in [-0.25, -0.2) is 0 Å². The molecular formula is C15H19NO2S. The van der Waals surface area contributed by atoms with Crippen LogP contribution in [0.2, 0.25) is 0 Å². The summed E-state index contributed by atoms with van der Waals surface area (Å²) in [6.07, 6.45) is 3.95. The molecule has 1 aromatic rings. The maximum Gasteiger partial charge on any atom is 0.149 e. The first-order valence-corrected chi connectivity index (χ1v) is 7.38. The molecule has 0 aromatic heterocycles. The van der Waals surface area contributed by atoms with Crippen LogP contribution in [0.5, 0.6) is 5.75 Å². The minimum Gasteiger partial charge on any atom is -0.481 e. The molecule has 1 saturated heterocycles. The highest BCUT2D eigenvalue weighted by Gasteiger charge is 2.07. The fourth-order valence-corrected chi connectivity index (χ4v) is 2.31. The SMILES string of the molecule is OSc1ccc(OCC#CCN2CCCCC2)cc1. The fraction of sp³-hybridized carbons (Fsp3) is 0.467. The molecule has 2 rings (SSSR count). The molecule has 1 N–H and O–H groups in total. The van der Waals surface area contributed by atoms with Crippen molar-refractivity contribution in [2.24, 2.45) is 0 Å². The van der Waals surface area contributed by atoms with E-state index in [9.17, 15) is 0 Å². The Balaban J connectivity index is 1.67. The molecule has 0 aliphatic carbocycles. The Bertz CT molecular complexity index is 430. The summed E-state index contributed by atoms with van der Waals surface area (Å²) >= 11 is 0.736. The maximum atomic E-state index is 8.85. The van der Waals surface area contributed by atoms with Crippen molar-refractivity contribution in [1.82, 2.24) is 4.90 Å². The molecule has 1 aliphatic rings. The van der Waals surface area contributed by atoms with E-state index in [2.05, 4.69) is 16.7 Å². The molecule has 3 nitrogen and oxygen atoms in total. The van der Waals surface area contributed by atoms with E-state index in [1.54, 1.807) is 0 Å². The van der Waals surface area contributed by atoms with Crippen LogP contribution in [0, 0.1) is 11.8 Å². The van der Waals surface area contributed by atoms with Crippen molar-refractivity contribution in [1.29, 1.82) is 0 Å². The van der Waals surface area contributed by atoms with Gasteiger partial charge >= 0.3 is 0 Å². The van der Waals surface area contributed by atoms with Crippen LogP contribution >= 0.6 is 12.0 Å². The Kier molecular flexibility index (Phi) is 6.09. The molecular weight excluding hydrogens is 258 g/mol. The number of hydrogen-bond acceptors (Lipinski definition) is 4. The van der Waals surface area contributed by atoms with Crippen LogP contribution in [0.15, 0.2) is 29.2 Å².